The van der Waals surface area contributed by atoms with Crippen LogP contribution in [0.15, 0.2) is 12.4 Å². The third kappa shape index (κ3) is 4.33. The van der Waals surface area contributed by atoms with E-state index in [4.69, 9.17) is 21.1 Å². The molecule has 0 spiro atoms. The molecule has 1 rings (SSSR count). The minimum Gasteiger partial charge on any atom is -0.476 e. The molecule has 0 saturated carbocycles. The monoisotopic (exact) mass is 244 g/mol. The predicted octanol–water partition coefficient (Wildman–Crippen LogP) is 2.41. The van der Waals surface area contributed by atoms with Gasteiger partial charge in [0.15, 0.2) is 0 Å². The van der Waals surface area contributed by atoms with Gasteiger partial charge in [-0.2, -0.15) is 0 Å². The standard InChI is InChI=1S/C11H17ClN2O2/c1-11(2,15-3)4-5-16-10-8-13-7-9(6-12)14-10/h7-8H,4-6H2,1-3H3. The Morgan fingerprint density at radius 1 is 1.38 bits per heavy atom. The van der Waals surface area contributed by atoms with E-state index in [0.717, 1.165) is 6.42 Å². The van der Waals surface area contributed by atoms with E-state index in [-0.39, 0.29) is 5.60 Å². The van der Waals surface area contributed by atoms with Crippen LogP contribution in [0, 0.1) is 0 Å². The Morgan fingerprint density at radius 3 is 2.75 bits per heavy atom. The molecule has 0 radical (unpaired) electrons. The van der Waals surface area contributed by atoms with Gasteiger partial charge < -0.3 is 9.47 Å². The lowest BCUT2D eigenvalue weighted by Gasteiger charge is -2.22. The number of hydrogen-bond donors (Lipinski definition) is 0. The highest BCUT2D eigenvalue weighted by Crippen LogP contribution is 2.14. The van der Waals surface area contributed by atoms with Crippen molar-refractivity contribution >= 4 is 11.6 Å². The first kappa shape index (κ1) is 13.2. The molecule has 0 saturated heterocycles. The van der Waals surface area contributed by atoms with Gasteiger partial charge >= 0.3 is 0 Å². The molecule has 1 heterocycles. The van der Waals surface area contributed by atoms with Crippen molar-refractivity contribution in [3.8, 4) is 5.88 Å². The molecular formula is C11H17ClN2O2. The van der Waals surface area contributed by atoms with Gasteiger partial charge in [0.1, 0.15) is 0 Å². The quantitative estimate of drug-likeness (QED) is 0.721. The third-order valence-corrected chi connectivity index (χ3v) is 2.58. The summed E-state index contributed by atoms with van der Waals surface area (Å²) in [5, 5.41) is 0. The predicted molar refractivity (Wildman–Crippen MR) is 62.8 cm³/mol. The van der Waals surface area contributed by atoms with Crippen LogP contribution in [0.5, 0.6) is 5.88 Å². The molecule has 1 aromatic rings. The van der Waals surface area contributed by atoms with Crippen molar-refractivity contribution < 1.29 is 9.47 Å². The van der Waals surface area contributed by atoms with Gasteiger partial charge in [0.25, 0.3) is 0 Å². The Hall–Kier alpha value is -0.870. The van der Waals surface area contributed by atoms with E-state index in [1.165, 1.54) is 0 Å². The van der Waals surface area contributed by atoms with E-state index < -0.39 is 0 Å². The molecule has 90 valence electrons. The number of hydrogen-bond acceptors (Lipinski definition) is 4. The summed E-state index contributed by atoms with van der Waals surface area (Å²) < 4.78 is 10.8. The van der Waals surface area contributed by atoms with Crippen LogP contribution in [0.4, 0.5) is 0 Å². The Balaban J connectivity index is 2.42. The lowest BCUT2D eigenvalue weighted by atomic mass is 10.1. The topological polar surface area (TPSA) is 44.2 Å². The maximum Gasteiger partial charge on any atom is 0.232 e. The molecule has 1 aromatic heterocycles. The van der Waals surface area contributed by atoms with Gasteiger partial charge in [0.05, 0.1) is 30.0 Å². The molecule has 0 amide bonds. The van der Waals surface area contributed by atoms with Crippen molar-refractivity contribution in [3.05, 3.63) is 18.1 Å². The number of halogens is 1. The van der Waals surface area contributed by atoms with Crippen LogP contribution in [0.2, 0.25) is 0 Å². The highest BCUT2D eigenvalue weighted by atomic mass is 35.5. The van der Waals surface area contributed by atoms with E-state index >= 15 is 0 Å². The molecule has 0 aliphatic heterocycles. The molecule has 0 bridgehead atoms. The smallest absolute Gasteiger partial charge is 0.232 e. The van der Waals surface area contributed by atoms with E-state index in [9.17, 15) is 0 Å². The van der Waals surface area contributed by atoms with E-state index in [1.54, 1.807) is 19.5 Å². The summed E-state index contributed by atoms with van der Waals surface area (Å²) in [5.74, 6) is 0.846. The van der Waals surface area contributed by atoms with Crippen molar-refractivity contribution in [2.75, 3.05) is 13.7 Å². The minimum atomic E-state index is -0.183. The lowest BCUT2D eigenvalue weighted by Crippen LogP contribution is -2.25. The average molecular weight is 245 g/mol. The summed E-state index contributed by atoms with van der Waals surface area (Å²) >= 11 is 5.65. The summed E-state index contributed by atoms with van der Waals surface area (Å²) in [5.41, 5.74) is 0.530. The Morgan fingerprint density at radius 2 is 2.12 bits per heavy atom. The molecular weight excluding hydrogens is 228 g/mol. The molecule has 5 heteroatoms. The van der Waals surface area contributed by atoms with Gasteiger partial charge in [-0.15, -0.1) is 11.6 Å². The molecule has 0 atom stereocenters. The zero-order valence-electron chi connectivity index (χ0n) is 9.86. The van der Waals surface area contributed by atoms with Crippen molar-refractivity contribution in [2.45, 2.75) is 31.7 Å². The van der Waals surface area contributed by atoms with Crippen molar-refractivity contribution in [1.82, 2.24) is 9.97 Å². The molecule has 0 aliphatic rings. The first-order valence-corrected chi connectivity index (χ1v) is 5.66. The van der Waals surface area contributed by atoms with E-state index in [1.807, 2.05) is 13.8 Å². The van der Waals surface area contributed by atoms with Crippen LogP contribution in [0.3, 0.4) is 0 Å². The Kier molecular flexibility index (Phi) is 4.96. The summed E-state index contributed by atoms with van der Waals surface area (Å²) in [6.07, 6.45) is 3.99. The van der Waals surface area contributed by atoms with Crippen molar-refractivity contribution in [2.24, 2.45) is 0 Å². The Labute approximate surface area is 101 Å². The molecule has 0 fully saturated rings. The normalized spacial score (nSPS) is 11.5. The number of rotatable bonds is 6. The fraction of sp³-hybridized carbons (Fsp3) is 0.636. The van der Waals surface area contributed by atoms with Crippen LogP contribution in [-0.2, 0) is 10.6 Å². The summed E-state index contributed by atoms with van der Waals surface area (Å²) in [7, 11) is 1.69. The second-order valence-electron chi connectivity index (χ2n) is 4.04. The summed E-state index contributed by atoms with van der Waals surface area (Å²) in [6.45, 7) is 4.57. The molecule has 0 aromatic carbocycles. The second kappa shape index (κ2) is 6.01. The molecule has 16 heavy (non-hydrogen) atoms. The van der Waals surface area contributed by atoms with Crippen molar-refractivity contribution in [3.63, 3.8) is 0 Å². The average Bonchev–Trinajstić information content (AvgIpc) is 2.29. The van der Waals surface area contributed by atoms with Crippen molar-refractivity contribution in [1.29, 1.82) is 0 Å². The summed E-state index contributed by atoms with van der Waals surface area (Å²) in [6, 6.07) is 0. The fourth-order valence-electron chi connectivity index (χ4n) is 1.02. The van der Waals surface area contributed by atoms with Crippen LogP contribution in [-0.4, -0.2) is 29.3 Å². The van der Waals surface area contributed by atoms with Gasteiger partial charge in [-0.25, -0.2) is 4.98 Å². The SMILES string of the molecule is COC(C)(C)CCOc1cncc(CCl)n1. The van der Waals surface area contributed by atoms with Gasteiger partial charge in [-0.3, -0.25) is 4.98 Å². The van der Waals surface area contributed by atoms with Crippen LogP contribution < -0.4 is 4.74 Å². The van der Waals surface area contributed by atoms with E-state index in [0.29, 0.717) is 24.1 Å². The number of ether oxygens (including phenoxy) is 2. The largest absolute Gasteiger partial charge is 0.476 e. The van der Waals surface area contributed by atoms with Gasteiger partial charge in [-0.05, 0) is 13.8 Å². The summed E-state index contributed by atoms with van der Waals surface area (Å²) in [4.78, 5) is 8.17. The molecule has 4 nitrogen and oxygen atoms in total. The second-order valence-corrected chi connectivity index (χ2v) is 4.31. The number of nitrogens with zero attached hydrogens (tertiary/aromatic N) is 2. The number of alkyl halides is 1. The third-order valence-electron chi connectivity index (χ3n) is 2.31. The minimum absolute atomic E-state index is 0.183. The number of methoxy groups -OCH3 is 1. The molecule has 0 N–H and O–H groups in total. The first-order valence-electron chi connectivity index (χ1n) is 5.12. The highest BCUT2D eigenvalue weighted by Gasteiger charge is 2.16. The Bertz CT molecular complexity index is 332. The van der Waals surface area contributed by atoms with Crippen LogP contribution in [0.1, 0.15) is 26.0 Å². The zero-order valence-corrected chi connectivity index (χ0v) is 10.6. The van der Waals surface area contributed by atoms with Gasteiger partial charge in [-0.1, -0.05) is 0 Å². The zero-order chi connectivity index (χ0) is 12.0. The maximum atomic E-state index is 5.65. The lowest BCUT2D eigenvalue weighted by molar-refractivity contribution is 0.00504. The first-order chi connectivity index (χ1) is 7.57. The number of aromatic nitrogens is 2. The maximum absolute atomic E-state index is 5.65. The molecule has 0 unspecified atom stereocenters. The van der Waals surface area contributed by atoms with Gasteiger partial charge in [0.2, 0.25) is 5.88 Å². The van der Waals surface area contributed by atoms with Crippen LogP contribution >= 0.6 is 11.6 Å². The van der Waals surface area contributed by atoms with Gasteiger partial charge in [0, 0.05) is 19.7 Å². The highest BCUT2D eigenvalue weighted by molar-refractivity contribution is 6.16. The fourth-order valence-corrected chi connectivity index (χ4v) is 1.15. The van der Waals surface area contributed by atoms with Crippen LogP contribution in [0.25, 0.3) is 0 Å². The van der Waals surface area contributed by atoms with E-state index in [2.05, 4.69) is 9.97 Å². The molecule has 0 aliphatic carbocycles.